The lowest BCUT2D eigenvalue weighted by Crippen LogP contribution is -2.37. The molecular weight excluding hydrogens is 304 g/mol. The van der Waals surface area contributed by atoms with E-state index in [0.29, 0.717) is 11.8 Å². The van der Waals surface area contributed by atoms with Gasteiger partial charge in [0.15, 0.2) is 0 Å². The van der Waals surface area contributed by atoms with Gasteiger partial charge in [0.1, 0.15) is 6.10 Å². The Labute approximate surface area is 145 Å². The first-order chi connectivity index (χ1) is 11.6. The summed E-state index contributed by atoms with van der Waals surface area (Å²) in [7, 11) is 3.87. The Morgan fingerprint density at radius 2 is 2.21 bits per heavy atom. The van der Waals surface area contributed by atoms with Crippen LogP contribution in [0, 0.1) is 6.92 Å². The minimum atomic E-state index is 0.0883. The number of allylic oxidation sites excluding steroid dienone is 1. The number of ether oxygens (including phenoxy) is 2. The average molecular weight is 334 g/mol. The maximum absolute atomic E-state index is 6.22. The van der Waals surface area contributed by atoms with Crippen LogP contribution in [0.15, 0.2) is 18.7 Å². The predicted octanol–water partition coefficient (Wildman–Crippen LogP) is 2.29. The van der Waals surface area contributed by atoms with Crippen molar-refractivity contribution >= 4 is 5.95 Å². The molecule has 0 aliphatic carbocycles. The Kier molecular flexibility index (Phi) is 7.46. The summed E-state index contributed by atoms with van der Waals surface area (Å²) in [6, 6.07) is 1.90. The maximum Gasteiger partial charge on any atom is 0.228 e. The Balaban J connectivity index is 2.05. The van der Waals surface area contributed by atoms with Crippen molar-refractivity contribution in [2.75, 3.05) is 51.8 Å². The Morgan fingerprint density at radius 1 is 1.38 bits per heavy atom. The normalized spacial score (nSPS) is 17.1. The number of rotatable bonds is 8. The first-order valence-corrected chi connectivity index (χ1v) is 8.69. The summed E-state index contributed by atoms with van der Waals surface area (Å²) in [5.41, 5.74) is 0.911. The molecule has 1 aromatic heterocycles. The van der Waals surface area contributed by atoms with E-state index < -0.39 is 0 Å². The summed E-state index contributed by atoms with van der Waals surface area (Å²) in [6.45, 7) is 10.3. The summed E-state index contributed by atoms with van der Waals surface area (Å²) in [6.07, 6.45) is 4.97. The molecule has 0 spiro atoms. The molecule has 0 bridgehead atoms. The third kappa shape index (κ3) is 6.09. The summed E-state index contributed by atoms with van der Waals surface area (Å²) in [4.78, 5) is 13.3. The van der Waals surface area contributed by atoms with Gasteiger partial charge in [0.05, 0.1) is 6.61 Å². The van der Waals surface area contributed by atoms with Crippen LogP contribution in [-0.2, 0) is 4.74 Å². The highest BCUT2D eigenvalue weighted by atomic mass is 16.5. The van der Waals surface area contributed by atoms with Gasteiger partial charge in [0, 0.05) is 52.1 Å². The maximum atomic E-state index is 6.22. The minimum Gasteiger partial charge on any atom is -0.473 e. The van der Waals surface area contributed by atoms with Crippen LogP contribution in [0.4, 0.5) is 5.95 Å². The van der Waals surface area contributed by atoms with E-state index in [2.05, 4.69) is 21.4 Å². The third-order valence-electron chi connectivity index (χ3n) is 3.98. The van der Waals surface area contributed by atoms with Gasteiger partial charge in [-0.05, 0) is 26.2 Å². The Hall–Kier alpha value is -1.66. The van der Waals surface area contributed by atoms with Crippen molar-refractivity contribution in [1.29, 1.82) is 0 Å². The van der Waals surface area contributed by atoms with Crippen LogP contribution in [0.5, 0.6) is 5.88 Å². The molecule has 1 atom stereocenters. The lowest BCUT2D eigenvalue weighted by atomic mass is 10.1. The standard InChI is InChI=1S/C18H30N4O2/c1-5-6-8-16(14-22-9-7-11-23-12-10-22)24-17-13-15(2)19-18(20-17)21(3)4/h5,13,16H,1,6-12,14H2,2-4H3/t16-/m1/s1. The van der Waals surface area contributed by atoms with Gasteiger partial charge >= 0.3 is 0 Å². The smallest absolute Gasteiger partial charge is 0.228 e. The molecule has 0 aromatic carbocycles. The molecule has 6 heteroatoms. The van der Waals surface area contributed by atoms with Gasteiger partial charge in [-0.1, -0.05) is 6.08 Å². The van der Waals surface area contributed by atoms with E-state index in [-0.39, 0.29) is 6.10 Å². The van der Waals surface area contributed by atoms with Gasteiger partial charge in [-0.3, -0.25) is 4.90 Å². The first kappa shape index (κ1) is 18.7. The van der Waals surface area contributed by atoms with Crippen molar-refractivity contribution in [3.63, 3.8) is 0 Å². The molecule has 0 N–H and O–H groups in total. The van der Waals surface area contributed by atoms with Crippen LogP contribution in [-0.4, -0.2) is 67.9 Å². The van der Waals surface area contributed by atoms with E-state index in [0.717, 1.165) is 57.8 Å². The second kappa shape index (κ2) is 9.59. The van der Waals surface area contributed by atoms with E-state index in [1.165, 1.54) is 0 Å². The molecule has 0 amide bonds. The summed E-state index contributed by atoms with van der Waals surface area (Å²) in [5, 5.41) is 0. The van der Waals surface area contributed by atoms with E-state index in [1.54, 1.807) is 0 Å². The molecule has 134 valence electrons. The monoisotopic (exact) mass is 334 g/mol. The minimum absolute atomic E-state index is 0.0883. The fraction of sp³-hybridized carbons (Fsp3) is 0.667. The fourth-order valence-corrected chi connectivity index (χ4v) is 2.72. The SMILES string of the molecule is C=CCC[C@H](CN1CCCOCC1)Oc1cc(C)nc(N(C)C)n1. The molecular formula is C18H30N4O2. The van der Waals surface area contributed by atoms with Crippen molar-refractivity contribution in [2.24, 2.45) is 0 Å². The van der Waals surface area contributed by atoms with Gasteiger partial charge in [0.2, 0.25) is 11.8 Å². The van der Waals surface area contributed by atoms with Crippen molar-refractivity contribution in [1.82, 2.24) is 14.9 Å². The highest BCUT2D eigenvalue weighted by Gasteiger charge is 2.18. The summed E-state index contributed by atoms with van der Waals surface area (Å²) >= 11 is 0. The average Bonchev–Trinajstić information content (AvgIpc) is 2.80. The largest absolute Gasteiger partial charge is 0.473 e. The number of anilines is 1. The number of hydrogen-bond donors (Lipinski definition) is 0. The van der Waals surface area contributed by atoms with Crippen molar-refractivity contribution in [3.05, 3.63) is 24.4 Å². The van der Waals surface area contributed by atoms with Gasteiger partial charge in [0.25, 0.3) is 0 Å². The highest BCUT2D eigenvalue weighted by molar-refractivity contribution is 5.32. The quantitative estimate of drug-likeness (QED) is 0.680. The molecule has 2 heterocycles. The second-order valence-corrected chi connectivity index (χ2v) is 6.41. The molecule has 1 fully saturated rings. The fourth-order valence-electron chi connectivity index (χ4n) is 2.72. The molecule has 2 rings (SSSR count). The van der Waals surface area contributed by atoms with Crippen LogP contribution < -0.4 is 9.64 Å². The van der Waals surface area contributed by atoms with E-state index in [1.807, 2.05) is 38.1 Å². The zero-order valence-electron chi connectivity index (χ0n) is 15.2. The summed E-state index contributed by atoms with van der Waals surface area (Å²) < 4.78 is 11.8. The zero-order valence-corrected chi connectivity index (χ0v) is 15.2. The van der Waals surface area contributed by atoms with Crippen LogP contribution in [0.3, 0.4) is 0 Å². The van der Waals surface area contributed by atoms with Crippen LogP contribution in [0.1, 0.15) is 25.0 Å². The van der Waals surface area contributed by atoms with Gasteiger partial charge in [-0.2, -0.15) is 4.98 Å². The molecule has 0 radical (unpaired) electrons. The van der Waals surface area contributed by atoms with Gasteiger partial charge < -0.3 is 14.4 Å². The van der Waals surface area contributed by atoms with Crippen LogP contribution >= 0.6 is 0 Å². The second-order valence-electron chi connectivity index (χ2n) is 6.41. The number of hydrogen-bond acceptors (Lipinski definition) is 6. The molecule has 24 heavy (non-hydrogen) atoms. The van der Waals surface area contributed by atoms with Crippen molar-refractivity contribution < 1.29 is 9.47 Å². The van der Waals surface area contributed by atoms with Gasteiger partial charge in [-0.25, -0.2) is 4.98 Å². The molecule has 0 unspecified atom stereocenters. The van der Waals surface area contributed by atoms with E-state index in [4.69, 9.17) is 9.47 Å². The topological polar surface area (TPSA) is 50.7 Å². The van der Waals surface area contributed by atoms with Crippen LogP contribution in [0.2, 0.25) is 0 Å². The van der Waals surface area contributed by atoms with Gasteiger partial charge in [-0.15, -0.1) is 6.58 Å². The lowest BCUT2D eigenvalue weighted by Gasteiger charge is -2.26. The molecule has 1 aromatic rings. The van der Waals surface area contributed by atoms with Crippen molar-refractivity contribution in [3.8, 4) is 5.88 Å². The molecule has 6 nitrogen and oxygen atoms in total. The van der Waals surface area contributed by atoms with E-state index in [9.17, 15) is 0 Å². The summed E-state index contributed by atoms with van der Waals surface area (Å²) in [5.74, 6) is 1.32. The molecule has 1 aliphatic heterocycles. The van der Waals surface area contributed by atoms with Crippen LogP contribution in [0.25, 0.3) is 0 Å². The lowest BCUT2D eigenvalue weighted by molar-refractivity contribution is 0.109. The Morgan fingerprint density at radius 3 is 2.96 bits per heavy atom. The van der Waals surface area contributed by atoms with E-state index >= 15 is 0 Å². The number of aromatic nitrogens is 2. The molecule has 1 aliphatic rings. The number of nitrogens with zero attached hydrogens (tertiary/aromatic N) is 4. The third-order valence-corrected chi connectivity index (χ3v) is 3.98. The highest BCUT2D eigenvalue weighted by Crippen LogP contribution is 2.17. The molecule has 1 saturated heterocycles. The van der Waals surface area contributed by atoms with Crippen molar-refractivity contribution in [2.45, 2.75) is 32.3 Å². The predicted molar refractivity (Wildman–Crippen MR) is 96.8 cm³/mol. The molecule has 0 saturated carbocycles. The zero-order chi connectivity index (χ0) is 17.4. The first-order valence-electron chi connectivity index (χ1n) is 8.69. The number of aryl methyl sites for hydroxylation is 1. The Bertz CT molecular complexity index is 514.